The van der Waals surface area contributed by atoms with Crippen molar-refractivity contribution in [2.45, 2.75) is 12.3 Å². The molecular weight excluding hydrogens is 352 g/mol. The number of alkyl halides is 1. The molecule has 0 N–H and O–H groups in total. The van der Waals surface area contributed by atoms with Crippen molar-refractivity contribution in [3.63, 3.8) is 0 Å². The molecule has 2 rings (SSSR count). The van der Waals surface area contributed by atoms with E-state index in [1.54, 1.807) is 7.11 Å². The van der Waals surface area contributed by atoms with Crippen LogP contribution in [-0.4, -0.2) is 19.6 Å². The highest BCUT2D eigenvalue weighted by Gasteiger charge is 2.11. The number of halogens is 2. The molecule has 2 aromatic rings. The van der Waals surface area contributed by atoms with Crippen molar-refractivity contribution < 1.29 is 9.47 Å². The Labute approximate surface area is 139 Å². The predicted octanol–water partition coefficient (Wildman–Crippen LogP) is 5.25. The van der Waals surface area contributed by atoms with Gasteiger partial charge in [0.15, 0.2) is 0 Å². The number of ether oxygens (including phenoxy) is 2. The maximum atomic E-state index is 6.09. The van der Waals surface area contributed by atoms with Gasteiger partial charge in [-0.2, -0.15) is 0 Å². The van der Waals surface area contributed by atoms with E-state index < -0.39 is 0 Å². The largest absolute Gasteiger partial charge is 0.497 e. The van der Waals surface area contributed by atoms with Crippen LogP contribution in [0.25, 0.3) is 0 Å². The molecule has 2 nitrogen and oxygen atoms in total. The lowest BCUT2D eigenvalue weighted by Gasteiger charge is -2.15. The monoisotopic (exact) mass is 368 g/mol. The standard InChI is InChI=1S/C17H18BrClO2/c1-20-16-5-7-17(8-6-16)21-10-9-14(12-19)13-3-2-4-15(18)11-13/h2-8,11,14H,9-10,12H2,1H3. The summed E-state index contributed by atoms with van der Waals surface area (Å²) in [5.74, 6) is 2.55. The lowest BCUT2D eigenvalue weighted by Crippen LogP contribution is -2.07. The zero-order valence-electron chi connectivity index (χ0n) is 11.9. The molecule has 0 saturated heterocycles. The molecule has 112 valence electrons. The van der Waals surface area contributed by atoms with Gasteiger partial charge in [-0.05, 0) is 48.4 Å². The Hall–Kier alpha value is -1.19. The average molecular weight is 370 g/mol. The Morgan fingerprint density at radius 1 is 1.10 bits per heavy atom. The van der Waals surface area contributed by atoms with Gasteiger partial charge in [0.05, 0.1) is 13.7 Å². The zero-order valence-corrected chi connectivity index (χ0v) is 14.2. The molecule has 0 radical (unpaired) electrons. The molecule has 0 spiro atoms. The van der Waals surface area contributed by atoms with E-state index >= 15 is 0 Å². The summed E-state index contributed by atoms with van der Waals surface area (Å²) in [5.41, 5.74) is 1.23. The van der Waals surface area contributed by atoms with E-state index in [0.717, 1.165) is 22.4 Å². The first-order valence-electron chi connectivity index (χ1n) is 6.81. The second-order valence-corrected chi connectivity index (χ2v) is 5.94. The van der Waals surface area contributed by atoms with Gasteiger partial charge >= 0.3 is 0 Å². The van der Waals surface area contributed by atoms with E-state index in [-0.39, 0.29) is 0 Å². The minimum atomic E-state index is 0.294. The molecule has 0 fully saturated rings. The van der Waals surface area contributed by atoms with Gasteiger partial charge in [0.1, 0.15) is 11.5 Å². The van der Waals surface area contributed by atoms with Crippen LogP contribution in [0.3, 0.4) is 0 Å². The van der Waals surface area contributed by atoms with Crippen LogP contribution < -0.4 is 9.47 Å². The van der Waals surface area contributed by atoms with Crippen LogP contribution in [0.4, 0.5) is 0 Å². The first-order valence-corrected chi connectivity index (χ1v) is 8.14. The average Bonchev–Trinajstić information content (AvgIpc) is 2.52. The zero-order chi connectivity index (χ0) is 15.1. The molecule has 0 amide bonds. The molecule has 2 aromatic carbocycles. The van der Waals surface area contributed by atoms with Gasteiger partial charge in [-0.3, -0.25) is 0 Å². The summed E-state index contributed by atoms with van der Waals surface area (Å²) >= 11 is 9.58. The Morgan fingerprint density at radius 2 is 1.81 bits per heavy atom. The van der Waals surface area contributed by atoms with Crippen LogP contribution in [0.1, 0.15) is 17.9 Å². The molecule has 0 aliphatic heterocycles. The van der Waals surface area contributed by atoms with E-state index in [9.17, 15) is 0 Å². The number of benzene rings is 2. The van der Waals surface area contributed by atoms with Crippen molar-refractivity contribution in [1.82, 2.24) is 0 Å². The molecule has 0 aliphatic rings. The molecular formula is C17H18BrClO2. The summed E-state index contributed by atoms with van der Waals surface area (Å²) in [6.45, 7) is 0.635. The Bertz CT molecular complexity index is 557. The minimum absolute atomic E-state index is 0.294. The second-order valence-electron chi connectivity index (χ2n) is 4.72. The topological polar surface area (TPSA) is 18.5 Å². The Balaban J connectivity index is 1.88. The van der Waals surface area contributed by atoms with E-state index in [0.29, 0.717) is 18.4 Å². The Morgan fingerprint density at radius 3 is 2.43 bits per heavy atom. The fourth-order valence-corrected chi connectivity index (χ4v) is 2.83. The highest BCUT2D eigenvalue weighted by atomic mass is 79.9. The maximum Gasteiger partial charge on any atom is 0.119 e. The third-order valence-corrected chi connectivity index (χ3v) is 4.17. The van der Waals surface area contributed by atoms with E-state index in [1.165, 1.54) is 5.56 Å². The summed E-state index contributed by atoms with van der Waals surface area (Å²) in [6.07, 6.45) is 0.881. The minimum Gasteiger partial charge on any atom is -0.497 e. The fraction of sp³-hybridized carbons (Fsp3) is 0.294. The second kappa shape index (κ2) is 8.30. The summed E-state index contributed by atoms with van der Waals surface area (Å²) < 4.78 is 12.0. The lowest BCUT2D eigenvalue weighted by molar-refractivity contribution is 0.300. The summed E-state index contributed by atoms with van der Waals surface area (Å²) in [6, 6.07) is 15.9. The van der Waals surface area contributed by atoms with E-state index in [1.807, 2.05) is 36.4 Å². The van der Waals surface area contributed by atoms with Crippen molar-refractivity contribution in [3.05, 3.63) is 58.6 Å². The van der Waals surface area contributed by atoms with Gasteiger partial charge in [-0.25, -0.2) is 0 Å². The van der Waals surface area contributed by atoms with Gasteiger partial charge < -0.3 is 9.47 Å². The Kier molecular flexibility index (Phi) is 6.40. The van der Waals surface area contributed by atoms with Crippen LogP contribution in [0.15, 0.2) is 53.0 Å². The van der Waals surface area contributed by atoms with Crippen LogP contribution >= 0.6 is 27.5 Å². The van der Waals surface area contributed by atoms with Crippen molar-refractivity contribution >= 4 is 27.5 Å². The predicted molar refractivity (Wildman–Crippen MR) is 90.7 cm³/mol. The summed E-state index contributed by atoms with van der Waals surface area (Å²) in [4.78, 5) is 0. The molecule has 0 aromatic heterocycles. The smallest absolute Gasteiger partial charge is 0.119 e. The molecule has 0 heterocycles. The number of rotatable bonds is 7. The number of hydrogen-bond acceptors (Lipinski definition) is 2. The van der Waals surface area contributed by atoms with Gasteiger partial charge in [0.2, 0.25) is 0 Å². The van der Waals surface area contributed by atoms with Crippen molar-refractivity contribution in [3.8, 4) is 11.5 Å². The first kappa shape index (κ1) is 16.2. The molecule has 0 saturated carbocycles. The maximum absolute atomic E-state index is 6.09. The third-order valence-electron chi connectivity index (χ3n) is 3.30. The SMILES string of the molecule is COc1ccc(OCCC(CCl)c2cccc(Br)c2)cc1. The molecule has 0 aliphatic carbocycles. The third kappa shape index (κ3) is 4.94. The van der Waals surface area contributed by atoms with Crippen molar-refractivity contribution in [1.29, 1.82) is 0 Å². The van der Waals surface area contributed by atoms with Gasteiger partial charge in [0, 0.05) is 16.3 Å². The summed E-state index contributed by atoms with van der Waals surface area (Å²) in [5, 5.41) is 0. The first-order chi connectivity index (χ1) is 10.2. The van der Waals surface area contributed by atoms with Crippen LogP contribution in [0.5, 0.6) is 11.5 Å². The quantitative estimate of drug-likeness (QED) is 0.621. The van der Waals surface area contributed by atoms with Crippen molar-refractivity contribution in [2.75, 3.05) is 19.6 Å². The molecule has 4 heteroatoms. The molecule has 1 atom stereocenters. The summed E-state index contributed by atoms with van der Waals surface area (Å²) in [7, 11) is 1.65. The lowest BCUT2D eigenvalue weighted by atomic mass is 9.98. The highest BCUT2D eigenvalue weighted by molar-refractivity contribution is 9.10. The fourth-order valence-electron chi connectivity index (χ4n) is 2.08. The van der Waals surface area contributed by atoms with Crippen LogP contribution in [-0.2, 0) is 0 Å². The molecule has 21 heavy (non-hydrogen) atoms. The van der Waals surface area contributed by atoms with Crippen LogP contribution in [0.2, 0.25) is 0 Å². The molecule has 1 unspecified atom stereocenters. The van der Waals surface area contributed by atoms with Crippen molar-refractivity contribution in [2.24, 2.45) is 0 Å². The van der Waals surface area contributed by atoms with E-state index in [2.05, 4.69) is 28.1 Å². The highest BCUT2D eigenvalue weighted by Crippen LogP contribution is 2.25. The molecule has 0 bridgehead atoms. The van der Waals surface area contributed by atoms with Gasteiger partial charge in [-0.15, -0.1) is 11.6 Å². The normalized spacial score (nSPS) is 12.0. The van der Waals surface area contributed by atoms with Gasteiger partial charge in [-0.1, -0.05) is 28.1 Å². The number of methoxy groups -OCH3 is 1. The van der Waals surface area contributed by atoms with Gasteiger partial charge in [0.25, 0.3) is 0 Å². The number of hydrogen-bond donors (Lipinski definition) is 0. The van der Waals surface area contributed by atoms with Crippen LogP contribution in [0, 0.1) is 0 Å². The van der Waals surface area contributed by atoms with E-state index in [4.69, 9.17) is 21.1 Å².